The minimum absolute atomic E-state index is 0.231. The van der Waals surface area contributed by atoms with Crippen LogP contribution in [0, 0.1) is 23.6 Å². The largest absolute Gasteiger partial charge is 0.481 e. The van der Waals surface area contributed by atoms with Crippen LogP contribution in [-0.4, -0.2) is 11.1 Å². The number of hydrogen-bond acceptors (Lipinski definition) is 1. The van der Waals surface area contributed by atoms with Gasteiger partial charge in [-0.3, -0.25) is 4.79 Å². The van der Waals surface area contributed by atoms with E-state index in [4.69, 9.17) is 0 Å². The molecule has 3 atom stereocenters. The van der Waals surface area contributed by atoms with E-state index in [1.54, 1.807) is 6.07 Å². The van der Waals surface area contributed by atoms with Crippen molar-refractivity contribution < 1.29 is 14.3 Å². The van der Waals surface area contributed by atoms with Crippen molar-refractivity contribution in [3.05, 3.63) is 35.6 Å². The number of hydrogen-bond donors (Lipinski definition) is 1. The smallest absolute Gasteiger partial charge is 0.307 e. The summed E-state index contributed by atoms with van der Waals surface area (Å²) in [6, 6.07) is 6.33. The summed E-state index contributed by atoms with van der Waals surface area (Å²) in [4.78, 5) is 11.7. The first kappa shape index (κ1) is 15.0. The SMILES string of the molecule is CCC1CCCCC1C(Cc1cccc(F)c1)C(=O)O. The zero-order chi connectivity index (χ0) is 14.5. The molecule has 2 nitrogen and oxygen atoms in total. The van der Waals surface area contributed by atoms with Crippen LogP contribution in [0.4, 0.5) is 4.39 Å². The van der Waals surface area contributed by atoms with E-state index in [0.29, 0.717) is 12.3 Å². The molecule has 110 valence electrons. The summed E-state index contributed by atoms with van der Waals surface area (Å²) in [7, 11) is 0. The van der Waals surface area contributed by atoms with Crippen molar-refractivity contribution in [2.45, 2.75) is 45.4 Å². The molecule has 1 aliphatic carbocycles. The summed E-state index contributed by atoms with van der Waals surface area (Å²) >= 11 is 0. The topological polar surface area (TPSA) is 37.3 Å². The molecule has 3 heteroatoms. The lowest BCUT2D eigenvalue weighted by atomic mass is 9.70. The zero-order valence-corrected chi connectivity index (χ0v) is 12.0. The Morgan fingerprint density at radius 3 is 2.80 bits per heavy atom. The molecule has 1 aromatic rings. The molecule has 1 N–H and O–H groups in total. The monoisotopic (exact) mass is 278 g/mol. The highest BCUT2D eigenvalue weighted by Crippen LogP contribution is 2.38. The van der Waals surface area contributed by atoms with Gasteiger partial charge in [0.25, 0.3) is 0 Å². The predicted molar refractivity (Wildman–Crippen MR) is 77.0 cm³/mol. The standard InChI is InChI=1S/C17H23FO2/c1-2-13-7-3-4-9-15(13)16(17(19)20)11-12-6-5-8-14(18)10-12/h5-6,8,10,13,15-16H,2-4,7,9,11H2,1H3,(H,19,20). The lowest BCUT2D eigenvalue weighted by molar-refractivity contribution is -0.145. The molecule has 0 aromatic heterocycles. The van der Waals surface area contributed by atoms with Crippen molar-refractivity contribution in [2.75, 3.05) is 0 Å². The normalized spacial score (nSPS) is 24.3. The van der Waals surface area contributed by atoms with Gasteiger partial charge < -0.3 is 5.11 Å². The van der Waals surface area contributed by atoms with Gasteiger partial charge in [-0.2, -0.15) is 0 Å². The minimum Gasteiger partial charge on any atom is -0.481 e. The molecule has 0 aliphatic heterocycles. The summed E-state index contributed by atoms with van der Waals surface area (Å²) in [5, 5.41) is 9.58. The highest BCUT2D eigenvalue weighted by atomic mass is 19.1. The lowest BCUT2D eigenvalue weighted by Gasteiger charge is -2.35. The van der Waals surface area contributed by atoms with Crippen LogP contribution in [0.3, 0.4) is 0 Å². The van der Waals surface area contributed by atoms with E-state index in [-0.39, 0.29) is 17.7 Å². The fourth-order valence-electron chi connectivity index (χ4n) is 3.61. The summed E-state index contributed by atoms with van der Waals surface area (Å²) in [6.07, 6.45) is 5.93. The van der Waals surface area contributed by atoms with E-state index < -0.39 is 5.97 Å². The van der Waals surface area contributed by atoms with Gasteiger partial charge in [0.05, 0.1) is 5.92 Å². The second-order valence-corrected chi connectivity index (χ2v) is 5.90. The van der Waals surface area contributed by atoms with E-state index in [0.717, 1.165) is 31.2 Å². The van der Waals surface area contributed by atoms with Gasteiger partial charge in [-0.25, -0.2) is 4.39 Å². The van der Waals surface area contributed by atoms with Crippen LogP contribution in [0.15, 0.2) is 24.3 Å². The maximum Gasteiger partial charge on any atom is 0.307 e. The Balaban J connectivity index is 2.16. The average molecular weight is 278 g/mol. The Morgan fingerprint density at radius 2 is 2.15 bits per heavy atom. The molecule has 0 spiro atoms. The van der Waals surface area contributed by atoms with Gasteiger partial charge in [-0.1, -0.05) is 44.7 Å². The number of carboxylic acids is 1. The first-order valence-electron chi connectivity index (χ1n) is 7.59. The molecule has 0 saturated heterocycles. The Hall–Kier alpha value is -1.38. The van der Waals surface area contributed by atoms with E-state index in [2.05, 4.69) is 6.92 Å². The highest BCUT2D eigenvalue weighted by molar-refractivity contribution is 5.71. The molecule has 3 unspecified atom stereocenters. The fraction of sp³-hybridized carbons (Fsp3) is 0.588. The molecule has 0 radical (unpaired) electrons. The number of carboxylic acid groups (broad SMARTS) is 1. The van der Waals surface area contributed by atoms with Crippen molar-refractivity contribution in [2.24, 2.45) is 17.8 Å². The van der Waals surface area contributed by atoms with Crippen LogP contribution >= 0.6 is 0 Å². The first-order valence-corrected chi connectivity index (χ1v) is 7.59. The Kier molecular flexibility index (Phi) is 5.16. The van der Waals surface area contributed by atoms with E-state index in [1.807, 2.05) is 6.07 Å². The van der Waals surface area contributed by atoms with E-state index >= 15 is 0 Å². The van der Waals surface area contributed by atoms with E-state index in [9.17, 15) is 14.3 Å². The van der Waals surface area contributed by atoms with E-state index in [1.165, 1.54) is 18.6 Å². The predicted octanol–water partition coefficient (Wildman–Crippen LogP) is 4.29. The number of halogens is 1. The van der Waals surface area contributed by atoms with Gasteiger partial charge in [0.15, 0.2) is 0 Å². The maximum absolute atomic E-state index is 13.3. The zero-order valence-electron chi connectivity index (χ0n) is 12.0. The molecule has 0 heterocycles. The number of aliphatic carboxylic acids is 1. The van der Waals surface area contributed by atoms with Crippen molar-refractivity contribution >= 4 is 5.97 Å². The summed E-state index contributed by atoms with van der Waals surface area (Å²) in [5.41, 5.74) is 0.790. The number of benzene rings is 1. The highest BCUT2D eigenvalue weighted by Gasteiger charge is 2.35. The Labute approximate surface area is 120 Å². The summed E-state index contributed by atoms with van der Waals surface area (Å²) in [6.45, 7) is 2.14. The van der Waals surface area contributed by atoms with Gasteiger partial charge in [-0.15, -0.1) is 0 Å². The molecule has 1 aliphatic rings. The quantitative estimate of drug-likeness (QED) is 0.872. The van der Waals surface area contributed by atoms with Crippen LogP contribution in [0.1, 0.15) is 44.6 Å². The van der Waals surface area contributed by atoms with Gasteiger partial charge in [0.1, 0.15) is 5.82 Å². The third-order valence-corrected chi connectivity index (χ3v) is 4.67. The van der Waals surface area contributed by atoms with Crippen molar-refractivity contribution in [3.8, 4) is 0 Å². The van der Waals surface area contributed by atoms with Gasteiger partial charge in [0.2, 0.25) is 0 Å². The molecule has 1 aromatic carbocycles. The van der Waals surface area contributed by atoms with Crippen molar-refractivity contribution in [3.63, 3.8) is 0 Å². The Bertz CT molecular complexity index is 458. The molecule has 1 fully saturated rings. The lowest BCUT2D eigenvalue weighted by Crippen LogP contribution is -2.33. The van der Waals surface area contributed by atoms with Crippen LogP contribution in [0.25, 0.3) is 0 Å². The molecule has 20 heavy (non-hydrogen) atoms. The van der Waals surface area contributed by atoms with Crippen molar-refractivity contribution in [1.29, 1.82) is 0 Å². The van der Waals surface area contributed by atoms with Gasteiger partial charge in [0, 0.05) is 0 Å². The number of carbonyl (C=O) groups is 1. The Morgan fingerprint density at radius 1 is 1.40 bits per heavy atom. The number of rotatable bonds is 5. The van der Waals surface area contributed by atoms with Gasteiger partial charge in [-0.05, 0) is 42.4 Å². The van der Waals surface area contributed by atoms with Crippen LogP contribution in [0.2, 0.25) is 0 Å². The van der Waals surface area contributed by atoms with Crippen molar-refractivity contribution in [1.82, 2.24) is 0 Å². The molecular formula is C17H23FO2. The molecule has 0 bridgehead atoms. The van der Waals surface area contributed by atoms with Crippen LogP contribution in [0.5, 0.6) is 0 Å². The van der Waals surface area contributed by atoms with Crippen LogP contribution in [-0.2, 0) is 11.2 Å². The minimum atomic E-state index is -0.736. The summed E-state index contributed by atoms with van der Waals surface area (Å²) < 4.78 is 13.3. The first-order chi connectivity index (χ1) is 9.61. The molecule has 2 rings (SSSR count). The fourth-order valence-corrected chi connectivity index (χ4v) is 3.61. The third kappa shape index (κ3) is 3.59. The van der Waals surface area contributed by atoms with Crippen LogP contribution < -0.4 is 0 Å². The second kappa shape index (κ2) is 6.87. The molecule has 0 amide bonds. The third-order valence-electron chi connectivity index (χ3n) is 4.67. The maximum atomic E-state index is 13.3. The van der Waals surface area contributed by atoms with Gasteiger partial charge >= 0.3 is 5.97 Å². The molecular weight excluding hydrogens is 255 g/mol. The average Bonchev–Trinajstić information content (AvgIpc) is 2.44. The summed E-state index contributed by atoms with van der Waals surface area (Å²) in [5.74, 6) is -0.683. The second-order valence-electron chi connectivity index (χ2n) is 5.90. The molecule has 1 saturated carbocycles.